The van der Waals surface area contributed by atoms with Crippen molar-refractivity contribution in [2.75, 3.05) is 13.1 Å². The highest BCUT2D eigenvalue weighted by molar-refractivity contribution is 6.48. The number of rotatable bonds is 3. The third kappa shape index (κ3) is 3.50. The summed E-state index contributed by atoms with van der Waals surface area (Å²) in [7, 11) is 0. The van der Waals surface area contributed by atoms with Gasteiger partial charge >= 0.3 is 6.18 Å². The Bertz CT molecular complexity index is 1380. The van der Waals surface area contributed by atoms with Crippen LogP contribution in [0.5, 0.6) is 0 Å². The molecule has 37 heavy (non-hydrogen) atoms. The van der Waals surface area contributed by atoms with E-state index >= 15 is 0 Å². The second-order valence-corrected chi connectivity index (χ2v) is 11.2. The quantitative estimate of drug-likeness (QED) is 0.430. The Labute approximate surface area is 224 Å². The molecule has 0 N–H and O–H groups in total. The molecule has 3 heterocycles. The van der Waals surface area contributed by atoms with Crippen molar-refractivity contribution in [3.63, 3.8) is 0 Å². The highest BCUT2D eigenvalue weighted by Crippen LogP contribution is 2.53. The standard InChI is InChI=1S/C25H19Cl3F3N3O3/c1-12(35)33-10-23(11-33)17-5-2-13(6-16(17)22(36)34(23)15-3-4-15)20-9-24(37-32-20,25(29,30)31)14-7-18(26)21(28)19(27)8-14/h2,5-8,15H,3-4,9-11H2,1H3. The number of carbonyl (C=O) groups excluding carboxylic acids is 2. The maximum absolute atomic E-state index is 14.4. The zero-order valence-corrected chi connectivity index (χ0v) is 21.6. The van der Waals surface area contributed by atoms with E-state index in [4.69, 9.17) is 39.6 Å². The van der Waals surface area contributed by atoms with Crippen LogP contribution in [0.1, 0.15) is 53.2 Å². The van der Waals surface area contributed by atoms with Crippen LogP contribution in [-0.4, -0.2) is 52.6 Å². The lowest BCUT2D eigenvalue weighted by atomic mass is 9.80. The average molecular weight is 573 g/mol. The number of oxime groups is 1. The van der Waals surface area contributed by atoms with Crippen molar-refractivity contribution in [1.29, 1.82) is 0 Å². The van der Waals surface area contributed by atoms with Crippen molar-refractivity contribution >= 4 is 52.3 Å². The van der Waals surface area contributed by atoms with Crippen molar-refractivity contribution in [1.82, 2.24) is 9.80 Å². The average Bonchev–Trinajstić information content (AvgIpc) is 3.46. The summed E-state index contributed by atoms with van der Waals surface area (Å²) >= 11 is 18.0. The van der Waals surface area contributed by atoms with Crippen LogP contribution in [0.25, 0.3) is 0 Å². The van der Waals surface area contributed by atoms with Crippen molar-refractivity contribution < 1.29 is 27.6 Å². The van der Waals surface area contributed by atoms with Gasteiger partial charge in [0.15, 0.2) is 0 Å². The zero-order chi connectivity index (χ0) is 26.5. The fraction of sp³-hybridized carbons (Fsp3) is 0.400. The number of benzene rings is 2. The smallest absolute Gasteiger partial charge is 0.374 e. The van der Waals surface area contributed by atoms with Crippen LogP contribution in [0.4, 0.5) is 13.2 Å². The van der Waals surface area contributed by atoms with Crippen molar-refractivity contribution in [3.8, 4) is 0 Å². The van der Waals surface area contributed by atoms with E-state index in [1.54, 1.807) is 23.1 Å². The Balaban J connectivity index is 1.36. The molecule has 0 aromatic heterocycles. The Morgan fingerprint density at radius 1 is 1.11 bits per heavy atom. The zero-order valence-electron chi connectivity index (χ0n) is 19.3. The normalized spacial score (nSPS) is 24.2. The second kappa shape index (κ2) is 8.01. The van der Waals surface area contributed by atoms with E-state index in [-0.39, 0.29) is 44.2 Å². The van der Waals surface area contributed by atoms with Crippen LogP contribution in [0, 0.1) is 0 Å². The SMILES string of the molecule is CC(=O)N1CC2(C1)c1ccc(C3=NOC(c4cc(Cl)c(Cl)c(Cl)c4)(C(F)(F)F)C3)cc1C(=O)N2C1CC1. The lowest BCUT2D eigenvalue weighted by Gasteiger charge is -2.53. The van der Waals surface area contributed by atoms with Gasteiger partial charge in [0.2, 0.25) is 5.91 Å². The number of fused-ring (bicyclic) bond motifs is 2. The maximum Gasteiger partial charge on any atom is 0.435 e. The van der Waals surface area contributed by atoms with Crippen LogP contribution in [0.2, 0.25) is 15.1 Å². The van der Waals surface area contributed by atoms with Gasteiger partial charge in [-0.1, -0.05) is 52.1 Å². The van der Waals surface area contributed by atoms with Crippen molar-refractivity contribution in [2.45, 2.75) is 49.5 Å². The van der Waals surface area contributed by atoms with E-state index in [1.807, 2.05) is 4.90 Å². The van der Waals surface area contributed by atoms with Gasteiger partial charge in [0.25, 0.3) is 11.5 Å². The molecule has 6 nitrogen and oxygen atoms in total. The van der Waals surface area contributed by atoms with Gasteiger partial charge in [0.05, 0.1) is 33.9 Å². The topological polar surface area (TPSA) is 62.2 Å². The molecule has 1 spiro atoms. The van der Waals surface area contributed by atoms with Crippen LogP contribution in [0.15, 0.2) is 35.5 Å². The molecule has 3 aliphatic heterocycles. The van der Waals surface area contributed by atoms with E-state index in [1.165, 1.54) is 6.92 Å². The van der Waals surface area contributed by atoms with Gasteiger partial charge in [-0.3, -0.25) is 9.59 Å². The lowest BCUT2D eigenvalue weighted by Crippen LogP contribution is -2.67. The monoisotopic (exact) mass is 571 g/mol. The first kappa shape index (κ1) is 24.8. The van der Waals surface area contributed by atoms with E-state index in [0.717, 1.165) is 30.5 Å². The molecule has 194 valence electrons. The Kier molecular flexibility index (Phi) is 5.37. The molecule has 12 heteroatoms. The minimum absolute atomic E-state index is 0.0352. The molecular weight excluding hydrogens is 554 g/mol. The van der Waals surface area contributed by atoms with E-state index in [0.29, 0.717) is 24.2 Å². The highest BCUT2D eigenvalue weighted by atomic mass is 35.5. The van der Waals surface area contributed by atoms with Crippen molar-refractivity contribution in [2.24, 2.45) is 5.16 Å². The fourth-order valence-electron chi connectivity index (χ4n) is 5.59. The summed E-state index contributed by atoms with van der Waals surface area (Å²) in [6, 6.07) is 7.23. The van der Waals surface area contributed by atoms with Crippen LogP contribution < -0.4 is 0 Å². The minimum atomic E-state index is -4.86. The van der Waals surface area contributed by atoms with E-state index < -0.39 is 23.7 Å². The van der Waals surface area contributed by atoms with Crippen LogP contribution in [-0.2, 0) is 20.8 Å². The van der Waals surface area contributed by atoms with Gasteiger partial charge in [-0.2, -0.15) is 13.2 Å². The van der Waals surface area contributed by atoms with Crippen LogP contribution >= 0.6 is 34.8 Å². The number of likely N-dealkylation sites (tertiary alicyclic amines) is 1. The van der Waals surface area contributed by atoms with Gasteiger partial charge in [0.1, 0.15) is 5.54 Å². The first-order chi connectivity index (χ1) is 17.4. The minimum Gasteiger partial charge on any atom is -0.374 e. The Morgan fingerprint density at radius 3 is 2.32 bits per heavy atom. The Hall–Kier alpha value is -2.49. The molecule has 2 aromatic carbocycles. The molecule has 4 aliphatic rings. The third-order valence-electron chi connectivity index (χ3n) is 7.66. The summed E-state index contributed by atoms with van der Waals surface area (Å²) in [5, 5.41) is 3.47. The molecule has 1 saturated carbocycles. The number of nitrogens with zero attached hydrogens (tertiary/aromatic N) is 3. The molecular formula is C25H19Cl3F3N3O3. The predicted molar refractivity (Wildman–Crippen MR) is 131 cm³/mol. The number of hydrogen-bond donors (Lipinski definition) is 0. The second-order valence-electron chi connectivity index (χ2n) is 9.96. The predicted octanol–water partition coefficient (Wildman–Crippen LogP) is 5.90. The van der Waals surface area contributed by atoms with Gasteiger partial charge in [-0.15, -0.1) is 0 Å². The van der Waals surface area contributed by atoms with Crippen LogP contribution in [0.3, 0.4) is 0 Å². The van der Waals surface area contributed by atoms with Gasteiger partial charge in [-0.05, 0) is 36.6 Å². The molecule has 2 aromatic rings. The molecule has 0 bridgehead atoms. The van der Waals surface area contributed by atoms with Gasteiger partial charge < -0.3 is 14.6 Å². The first-order valence-electron chi connectivity index (χ1n) is 11.6. The summed E-state index contributed by atoms with van der Waals surface area (Å²) in [5.74, 6) is -0.248. The summed E-state index contributed by atoms with van der Waals surface area (Å²) < 4.78 is 43.3. The number of carbonyl (C=O) groups is 2. The molecule has 2 fully saturated rings. The first-order valence-corrected chi connectivity index (χ1v) is 12.7. The molecule has 1 atom stereocenters. The largest absolute Gasteiger partial charge is 0.435 e. The number of alkyl halides is 3. The lowest BCUT2D eigenvalue weighted by molar-refractivity contribution is -0.275. The van der Waals surface area contributed by atoms with E-state index in [2.05, 4.69) is 5.16 Å². The van der Waals surface area contributed by atoms with E-state index in [9.17, 15) is 22.8 Å². The maximum atomic E-state index is 14.4. The molecule has 6 rings (SSSR count). The number of amides is 2. The molecule has 1 aliphatic carbocycles. The summed E-state index contributed by atoms with van der Waals surface area (Å²) in [5.41, 5.74) is -2.17. The molecule has 1 saturated heterocycles. The third-order valence-corrected chi connectivity index (χ3v) is 8.86. The highest BCUT2D eigenvalue weighted by Gasteiger charge is 2.63. The Morgan fingerprint density at radius 2 is 1.76 bits per heavy atom. The summed E-state index contributed by atoms with van der Waals surface area (Å²) in [6.07, 6.45) is -3.74. The molecule has 0 radical (unpaired) electrons. The van der Waals surface area contributed by atoms with Gasteiger partial charge in [0, 0.05) is 36.1 Å². The molecule has 2 amide bonds. The number of halogens is 6. The summed E-state index contributed by atoms with van der Waals surface area (Å²) in [4.78, 5) is 34.0. The molecule has 1 unspecified atom stereocenters. The van der Waals surface area contributed by atoms with Crippen molar-refractivity contribution in [3.05, 3.63) is 67.7 Å². The fourth-order valence-corrected chi connectivity index (χ4v) is 6.18. The number of hydrogen-bond acceptors (Lipinski definition) is 4. The van der Waals surface area contributed by atoms with Gasteiger partial charge in [-0.25, -0.2) is 0 Å². The summed E-state index contributed by atoms with van der Waals surface area (Å²) in [6.45, 7) is 2.29.